The fourth-order valence-corrected chi connectivity index (χ4v) is 3.70. The second kappa shape index (κ2) is 7.86. The molecule has 1 aliphatic heterocycles. The van der Waals surface area contributed by atoms with Crippen LogP contribution < -0.4 is 4.74 Å². The highest BCUT2D eigenvalue weighted by atomic mass is 16.5. The van der Waals surface area contributed by atoms with E-state index in [1.165, 1.54) is 11.8 Å². The van der Waals surface area contributed by atoms with Crippen molar-refractivity contribution >= 4 is 5.91 Å². The van der Waals surface area contributed by atoms with Crippen molar-refractivity contribution in [3.63, 3.8) is 0 Å². The lowest BCUT2D eigenvalue weighted by molar-refractivity contribution is 0.0632. The molecular weight excluding hydrogens is 356 g/mol. The smallest absolute Gasteiger partial charge is 0.260 e. The highest BCUT2D eigenvalue weighted by molar-refractivity contribution is 5.95. The van der Waals surface area contributed by atoms with Crippen molar-refractivity contribution in [2.75, 3.05) is 14.2 Å². The summed E-state index contributed by atoms with van der Waals surface area (Å²) < 4.78 is 15.6. The molecule has 6 heteroatoms. The number of methoxy groups -OCH3 is 2. The second-order valence-corrected chi connectivity index (χ2v) is 6.81. The van der Waals surface area contributed by atoms with Gasteiger partial charge in [-0.2, -0.15) is 0 Å². The van der Waals surface area contributed by atoms with E-state index in [4.69, 9.17) is 14.0 Å². The van der Waals surface area contributed by atoms with Gasteiger partial charge in [-0.15, -0.1) is 0 Å². The summed E-state index contributed by atoms with van der Waals surface area (Å²) in [4.78, 5) is 15.3. The summed E-state index contributed by atoms with van der Waals surface area (Å²) in [6, 6.07) is 16.1. The van der Waals surface area contributed by atoms with Gasteiger partial charge in [0.1, 0.15) is 23.3 Å². The van der Waals surface area contributed by atoms with Crippen LogP contribution in [0.25, 0.3) is 0 Å². The van der Waals surface area contributed by atoms with Crippen LogP contribution >= 0.6 is 0 Å². The van der Waals surface area contributed by atoms with Gasteiger partial charge in [0.2, 0.25) is 0 Å². The van der Waals surface area contributed by atoms with Crippen molar-refractivity contribution < 1.29 is 18.8 Å². The molecule has 1 amide bonds. The van der Waals surface area contributed by atoms with Crippen LogP contribution in [0.3, 0.4) is 0 Å². The van der Waals surface area contributed by atoms with E-state index in [0.29, 0.717) is 17.8 Å². The van der Waals surface area contributed by atoms with Crippen molar-refractivity contribution in [3.05, 3.63) is 82.7 Å². The quantitative estimate of drug-likeness (QED) is 0.676. The molecule has 3 aromatic rings. The third kappa shape index (κ3) is 3.39. The maximum Gasteiger partial charge on any atom is 0.260 e. The van der Waals surface area contributed by atoms with Crippen molar-refractivity contribution in [1.29, 1.82) is 0 Å². The summed E-state index contributed by atoms with van der Waals surface area (Å²) in [6.07, 6.45) is 2.14. The molecule has 1 aliphatic rings. The van der Waals surface area contributed by atoms with Gasteiger partial charge in [0.25, 0.3) is 5.91 Å². The Morgan fingerprint density at radius 3 is 2.75 bits per heavy atom. The molecule has 0 saturated carbocycles. The van der Waals surface area contributed by atoms with Gasteiger partial charge in [-0.3, -0.25) is 4.79 Å². The van der Waals surface area contributed by atoms with Crippen molar-refractivity contribution in [3.8, 4) is 5.75 Å². The van der Waals surface area contributed by atoms with Crippen LogP contribution in [-0.2, 0) is 24.3 Å². The molecule has 0 fully saturated rings. The van der Waals surface area contributed by atoms with Crippen molar-refractivity contribution in [1.82, 2.24) is 10.1 Å². The van der Waals surface area contributed by atoms with Crippen LogP contribution in [-0.4, -0.2) is 30.2 Å². The molecule has 0 bridgehead atoms. The number of ether oxygens (including phenoxy) is 2. The third-order valence-corrected chi connectivity index (χ3v) is 5.14. The Morgan fingerprint density at radius 1 is 1.18 bits per heavy atom. The standard InChI is InChI=1S/C22H22N2O4/c1-26-14-20-19(13-28-23-20)22(25)24-12-17-10-18(27-2)9-8-16(17)11-21(24)15-6-4-3-5-7-15/h3-10,13,21H,11-12,14H2,1-2H3. The van der Waals surface area contributed by atoms with E-state index in [1.807, 2.05) is 35.2 Å². The normalized spacial score (nSPS) is 15.9. The molecular formula is C22H22N2O4. The molecule has 4 rings (SSSR count). The zero-order chi connectivity index (χ0) is 19.5. The number of benzene rings is 2. The molecule has 0 radical (unpaired) electrons. The topological polar surface area (TPSA) is 64.8 Å². The summed E-state index contributed by atoms with van der Waals surface area (Å²) in [5.74, 6) is 0.671. The van der Waals surface area contributed by atoms with Gasteiger partial charge in [0.15, 0.2) is 0 Å². The number of rotatable bonds is 5. The maximum absolute atomic E-state index is 13.4. The van der Waals surface area contributed by atoms with E-state index < -0.39 is 0 Å². The van der Waals surface area contributed by atoms with Crippen LogP contribution in [0.15, 0.2) is 59.3 Å². The minimum Gasteiger partial charge on any atom is -0.497 e. The van der Waals surface area contributed by atoms with E-state index in [9.17, 15) is 4.79 Å². The van der Waals surface area contributed by atoms with Gasteiger partial charge in [-0.05, 0) is 35.2 Å². The number of fused-ring (bicyclic) bond motifs is 1. The minimum atomic E-state index is -0.115. The monoisotopic (exact) mass is 378 g/mol. The van der Waals surface area contributed by atoms with Gasteiger partial charge in [0, 0.05) is 13.7 Å². The summed E-state index contributed by atoms with van der Waals surface area (Å²) in [5.41, 5.74) is 4.36. The maximum atomic E-state index is 13.4. The first-order valence-electron chi connectivity index (χ1n) is 9.15. The first-order valence-corrected chi connectivity index (χ1v) is 9.15. The molecule has 28 heavy (non-hydrogen) atoms. The molecule has 2 heterocycles. The third-order valence-electron chi connectivity index (χ3n) is 5.14. The average molecular weight is 378 g/mol. The summed E-state index contributed by atoms with van der Waals surface area (Å²) >= 11 is 0. The Hall–Kier alpha value is -3.12. The number of carbonyl (C=O) groups excluding carboxylic acids is 1. The Labute approximate surface area is 163 Å². The highest BCUT2D eigenvalue weighted by Gasteiger charge is 2.33. The largest absolute Gasteiger partial charge is 0.497 e. The highest BCUT2D eigenvalue weighted by Crippen LogP contribution is 2.36. The Morgan fingerprint density at radius 2 is 2.00 bits per heavy atom. The fourth-order valence-electron chi connectivity index (χ4n) is 3.70. The van der Waals surface area contributed by atoms with Crippen LogP contribution in [0.4, 0.5) is 0 Å². The number of nitrogens with zero attached hydrogens (tertiary/aromatic N) is 2. The number of carbonyl (C=O) groups is 1. The summed E-state index contributed by atoms with van der Waals surface area (Å²) in [7, 11) is 3.22. The van der Waals surface area contributed by atoms with E-state index in [2.05, 4.69) is 23.4 Å². The lowest BCUT2D eigenvalue weighted by Crippen LogP contribution is -2.39. The number of hydrogen-bond acceptors (Lipinski definition) is 5. The average Bonchev–Trinajstić information content (AvgIpc) is 3.21. The van der Waals surface area contributed by atoms with Crippen LogP contribution in [0.5, 0.6) is 5.75 Å². The molecule has 0 N–H and O–H groups in total. The fraction of sp³-hybridized carbons (Fsp3) is 0.273. The SMILES string of the molecule is COCc1nocc1C(=O)N1Cc2cc(OC)ccc2CC1c1ccccc1. The lowest BCUT2D eigenvalue weighted by atomic mass is 9.89. The zero-order valence-electron chi connectivity index (χ0n) is 15.9. The lowest BCUT2D eigenvalue weighted by Gasteiger charge is -2.37. The van der Waals surface area contributed by atoms with Gasteiger partial charge in [-0.1, -0.05) is 41.6 Å². The predicted octanol–water partition coefficient (Wildman–Crippen LogP) is 3.77. The summed E-state index contributed by atoms with van der Waals surface area (Å²) in [5, 5.41) is 3.92. The molecule has 1 aromatic heterocycles. The molecule has 144 valence electrons. The number of aromatic nitrogens is 1. The summed E-state index contributed by atoms with van der Waals surface area (Å²) in [6.45, 7) is 0.717. The number of amides is 1. The van der Waals surface area contributed by atoms with Crippen LogP contribution in [0, 0.1) is 0 Å². The van der Waals surface area contributed by atoms with Crippen molar-refractivity contribution in [2.45, 2.75) is 25.6 Å². The van der Waals surface area contributed by atoms with Crippen LogP contribution in [0.1, 0.15) is 38.8 Å². The van der Waals surface area contributed by atoms with E-state index in [1.54, 1.807) is 14.2 Å². The second-order valence-electron chi connectivity index (χ2n) is 6.81. The molecule has 0 spiro atoms. The van der Waals surface area contributed by atoms with Crippen LogP contribution in [0.2, 0.25) is 0 Å². The van der Waals surface area contributed by atoms with Gasteiger partial charge in [-0.25, -0.2) is 0 Å². The molecule has 6 nitrogen and oxygen atoms in total. The van der Waals surface area contributed by atoms with E-state index >= 15 is 0 Å². The minimum absolute atomic E-state index is 0.0695. The first kappa shape index (κ1) is 18.3. The Balaban J connectivity index is 1.74. The molecule has 1 unspecified atom stereocenters. The van der Waals surface area contributed by atoms with Crippen molar-refractivity contribution in [2.24, 2.45) is 0 Å². The van der Waals surface area contributed by atoms with Gasteiger partial charge >= 0.3 is 0 Å². The van der Waals surface area contributed by atoms with Gasteiger partial charge < -0.3 is 18.9 Å². The predicted molar refractivity (Wildman–Crippen MR) is 103 cm³/mol. The molecule has 0 aliphatic carbocycles. The Bertz CT molecular complexity index is 968. The Kier molecular flexibility index (Phi) is 5.12. The molecule has 1 atom stereocenters. The van der Waals surface area contributed by atoms with Gasteiger partial charge in [0.05, 0.1) is 19.8 Å². The first-order chi connectivity index (χ1) is 13.7. The zero-order valence-corrected chi connectivity index (χ0v) is 15.9. The van der Waals surface area contributed by atoms with E-state index in [0.717, 1.165) is 23.3 Å². The molecule has 2 aromatic carbocycles. The molecule has 0 saturated heterocycles. The number of hydrogen-bond donors (Lipinski definition) is 0. The van der Waals surface area contributed by atoms with E-state index in [-0.39, 0.29) is 18.6 Å².